The van der Waals surface area contributed by atoms with E-state index in [1.165, 1.54) is 0 Å². The molecule has 1 aromatic heterocycles. The summed E-state index contributed by atoms with van der Waals surface area (Å²) in [5.74, 6) is 0.115. The fourth-order valence-electron chi connectivity index (χ4n) is 2.97. The van der Waals surface area contributed by atoms with Crippen molar-refractivity contribution in [2.45, 2.75) is 13.0 Å². The van der Waals surface area contributed by atoms with Crippen LogP contribution in [-0.4, -0.2) is 28.6 Å². The van der Waals surface area contributed by atoms with Gasteiger partial charge in [-0.1, -0.05) is 18.3 Å². The molecule has 1 saturated heterocycles. The maximum Gasteiger partial charge on any atom is 0.254 e. The lowest BCUT2D eigenvalue weighted by Crippen LogP contribution is -2.17. The van der Waals surface area contributed by atoms with Gasteiger partial charge in [-0.2, -0.15) is 0 Å². The van der Waals surface area contributed by atoms with Gasteiger partial charge in [0.1, 0.15) is 0 Å². The molecule has 0 aliphatic carbocycles. The van der Waals surface area contributed by atoms with E-state index in [9.17, 15) is 9.59 Å². The predicted molar refractivity (Wildman–Crippen MR) is 98.9 cm³/mol. The highest BCUT2D eigenvalue weighted by Gasteiger charge is 2.24. The summed E-state index contributed by atoms with van der Waals surface area (Å²) in [5, 5.41) is 2.95. The highest BCUT2D eigenvalue weighted by Crippen LogP contribution is 2.33. The van der Waals surface area contributed by atoms with Crippen molar-refractivity contribution in [3.05, 3.63) is 52.0 Å². The normalized spacial score (nSPS) is 18.5. The molecule has 0 saturated carbocycles. The van der Waals surface area contributed by atoms with Gasteiger partial charge in [0.25, 0.3) is 5.91 Å². The van der Waals surface area contributed by atoms with Crippen LogP contribution < -0.4 is 5.32 Å². The Kier molecular flexibility index (Phi) is 3.58. The summed E-state index contributed by atoms with van der Waals surface area (Å²) >= 11 is 6.65. The molecule has 2 aromatic rings. The molecule has 3 heterocycles. The summed E-state index contributed by atoms with van der Waals surface area (Å²) in [5.41, 5.74) is 3.50. The molecule has 1 aromatic carbocycles. The average molecular weight is 354 g/mol. The lowest BCUT2D eigenvalue weighted by Gasteiger charge is -2.04. The number of carbonyl (C=O) groups is 2. The van der Waals surface area contributed by atoms with Gasteiger partial charge in [0.2, 0.25) is 0 Å². The second-order valence-corrected chi connectivity index (χ2v) is 7.55. The second kappa shape index (κ2) is 5.65. The number of nitrogens with zero attached hydrogens (tertiary/aromatic N) is 1. The smallest absolute Gasteiger partial charge is 0.254 e. The van der Waals surface area contributed by atoms with Crippen LogP contribution in [0, 0.1) is 0 Å². The molecule has 1 fully saturated rings. The zero-order chi connectivity index (χ0) is 16.8. The molecule has 0 bridgehead atoms. The largest absolute Gasteiger partial charge is 0.347 e. The van der Waals surface area contributed by atoms with Gasteiger partial charge in [0.15, 0.2) is 5.78 Å². The molecule has 1 N–H and O–H groups in total. The van der Waals surface area contributed by atoms with Crippen molar-refractivity contribution in [2.75, 3.05) is 7.05 Å². The fourth-order valence-corrected chi connectivity index (χ4v) is 4.16. The first-order valence-electron chi connectivity index (χ1n) is 7.54. The third kappa shape index (κ3) is 2.57. The van der Waals surface area contributed by atoms with E-state index < -0.39 is 0 Å². The van der Waals surface area contributed by atoms with Gasteiger partial charge >= 0.3 is 0 Å². The monoisotopic (exact) mass is 354 g/mol. The number of thiocarbonyl (C=S) groups is 1. The summed E-state index contributed by atoms with van der Waals surface area (Å²) in [6.45, 7) is 0.653. The number of amides is 1. The SMILES string of the molecule is CN1Cc2cc(-c3ccc(/C=C4/NC(=S)CC4=O)s3)ccc2C1=O. The van der Waals surface area contributed by atoms with E-state index >= 15 is 0 Å². The Bertz CT molecular complexity index is 927. The van der Waals surface area contributed by atoms with E-state index in [4.69, 9.17) is 12.2 Å². The van der Waals surface area contributed by atoms with Crippen LogP contribution in [0.4, 0.5) is 0 Å². The number of fused-ring (bicyclic) bond motifs is 1. The van der Waals surface area contributed by atoms with Crippen molar-refractivity contribution in [3.8, 4) is 10.4 Å². The Labute approximate surface area is 148 Å². The van der Waals surface area contributed by atoms with E-state index in [2.05, 4.69) is 11.4 Å². The molecule has 1 amide bonds. The van der Waals surface area contributed by atoms with Gasteiger partial charge in [0.05, 0.1) is 17.1 Å². The van der Waals surface area contributed by atoms with Crippen molar-refractivity contribution >= 4 is 46.3 Å². The highest BCUT2D eigenvalue weighted by molar-refractivity contribution is 7.80. The number of nitrogens with one attached hydrogen (secondary N) is 1. The molecule has 0 atom stereocenters. The number of allylic oxidation sites excluding steroid dienone is 1. The Morgan fingerprint density at radius 1 is 1.25 bits per heavy atom. The molecule has 2 aliphatic heterocycles. The minimum atomic E-state index is 0.0361. The van der Waals surface area contributed by atoms with Crippen LogP contribution in [0.1, 0.15) is 27.2 Å². The molecule has 24 heavy (non-hydrogen) atoms. The van der Waals surface area contributed by atoms with E-state index in [1.807, 2.05) is 37.4 Å². The maximum absolute atomic E-state index is 12.0. The van der Waals surface area contributed by atoms with E-state index in [1.54, 1.807) is 16.2 Å². The first-order valence-corrected chi connectivity index (χ1v) is 8.77. The van der Waals surface area contributed by atoms with E-state index in [0.29, 0.717) is 23.7 Å². The molecule has 0 unspecified atom stereocenters. The van der Waals surface area contributed by atoms with E-state index in [-0.39, 0.29) is 11.7 Å². The third-order valence-corrected chi connectivity index (χ3v) is 5.51. The van der Waals surface area contributed by atoms with Crippen molar-refractivity contribution in [1.82, 2.24) is 10.2 Å². The van der Waals surface area contributed by atoms with Gasteiger partial charge in [-0.05, 0) is 41.5 Å². The highest BCUT2D eigenvalue weighted by atomic mass is 32.1. The number of carbonyl (C=O) groups excluding carboxylic acids is 2. The number of ketones is 1. The Morgan fingerprint density at radius 3 is 2.83 bits per heavy atom. The van der Waals surface area contributed by atoms with Crippen molar-refractivity contribution in [1.29, 1.82) is 0 Å². The molecule has 4 nitrogen and oxygen atoms in total. The Hall–Kier alpha value is -2.31. The van der Waals surface area contributed by atoms with Crippen LogP contribution in [0.15, 0.2) is 36.0 Å². The molecule has 0 spiro atoms. The van der Waals surface area contributed by atoms with Crippen LogP contribution in [0.25, 0.3) is 16.5 Å². The first-order chi connectivity index (χ1) is 11.5. The van der Waals surface area contributed by atoms with Gasteiger partial charge in [-0.3, -0.25) is 9.59 Å². The molecule has 120 valence electrons. The van der Waals surface area contributed by atoms with Crippen LogP contribution >= 0.6 is 23.6 Å². The number of Topliss-reactive ketones (excluding diaryl/α,β-unsaturated/α-hetero) is 1. The Morgan fingerprint density at radius 2 is 2.08 bits per heavy atom. The summed E-state index contributed by atoms with van der Waals surface area (Å²) in [6.07, 6.45) is 2.15. The minimum Gasteiger partial charge on any atom is -0.347 e. The van der Waals surface area contributed by atoms with Crippen molar-refractivity contribution in [2.24, 2.45) is 0 Å². The van der Waals surface area contributed by atoms with Gasteiger partial charge in [0, 0.05) is 28.9 Å². The van der Waals surface area contributed by atoms with Crippen molar-refractivity contribution < 1.29 is 9.59 Å². The zero-order valence-electron chi connectivity index (χ0n) is 13.0. The minimum absolute atomic E-state index is 0.0361. The number of thiophene rings is 1. The summed E-state index contributed by atoms with van der Waals surface area (Å²) < 4.78 is 0. The van der Waals surface area contributed by atoms with Gasteiger partial charge < -0.3 is 10.2 Å². The molecule has 0 radical (unpaired) electrons. The van der Waals surface area contributed by atoms with Gasteiger partial charge in [-0.15, -0.1) is 11.3 Å². The molecule has 4 rings (SSSR count). The van der Waals surface area contributed by atoms with E-state index in [0.717, 1.165) is 26.4 Å². The standard InChI is InChI=1S/C18H14N2O2S2/c1-20-9-11-6-10(2-4-13(11)18(20)22)16-5-3-12(24-16)7-14-15(21)8-17(23)19-14/h2-7H,8-9H2,1H3,(H,19,23)/b14-7+. The van der Waals surface area contributed by atoms with Gasteiger partial charge in [-0.25, -0.2) is 0 Å². The van der Waals surface area contributed by atoms with Crippen LogP contribution in [-0.2, 0) is 11.3 Å². The Balaban J connectivity index is 1.63. The van der Waals surface area contributed by atoms with Crippen LogP contribution in [0.5, 0.6) is 0 Å². The summed E-state index contributed by atoms with van der Waals surface area (Å²) in [4.78, 5) is 28.2. The first kappa shape index (κ1) is 15.2. The third-order valence-electron chi connectivity index (χ3n) is 4.18. The molecular weight excluding hydrogens is 340 g/mol. The lowest BCUT2D eigenvalue weighted by molar-refractivity contribution is -0.114. The molecule has 6 heteroatoms. The van der Waals surface area contributed by atoms with Crippen LogP contribution in [0.2, 0.25) is 0 Å². The fraction of sp³-hybridized carbons (Fsp3) is 0.167. The summed E-state index contributed by atoms with van der Waals surface area (Å²) in [6, 6.07) is 9.99. The number of rotatable bonds is 2. The summed E-state index contributed by atoms with van der Waals surface area (Å²) in [7, 11) is 1.81. The molecular formula is C18H14N2O2S2. The molecule has 2 aliphatic rings. The maximum atomic E-state index is 12.0. The number of benzene rings is 1. The lowest BCUT2D eigenvalue weighted by atomic mass is 10.1. The van der Waals surface area contributed by atoms with Crippen LogP contribution in [0.3, 0.4) is 0 Å². The average Bonchev–Trinajstić information content (AvgIpc) is 3.20. The second-order valence-electron chi connectivity index (χ2n) is 5.94. The zero-order valence-corrected chi connectivity index (χ0v) is 14.6. The quantitative estimate of drug-likeness (QED) is 0.664. The number of hydrogen-bond donors (Lipinski definition) is 1. The number of hydrogen-bond acceptors (Lipinski definition) is 4. The topological polar surface area (TPSA) is 49.4 Å². The van der Waals surface area contributed by atoms with Crippen molar-refractivity contribution in [3.63, 3.8) is 0 Å². The predicted octanol–water partition coefficient (Wildman–Crippen LogP) is 3.23.